The lowest BCUT2D eigenvalue weighted by atomic mass is 10.00. The minimum absolute atomic E-state index is 0.175. The second kappa shape index (κ2) is 7.61. The monoisotopic (exact) mass is 412 g/mol. The van der Waals surface area contributed by atoms with E-state index < -0.39 is 5.82 Å². The van der Waals surface area contributed by atoms with Crippen molar-refractivity contribution in [3.63, 3.8) is 0 Å². The van der Waals surface area contributed by atoms with Crippen molar-refractivity contribution in [2.45, 2.75) is 12.5 Å². The highest BCUT2D eigenvalue weighted by molar-refractivity contribution is 7.22. The lowest BCUT2D eigenvalue weighted by Crippen LogP contribution is -2.43. The number of piperazine rings is 1. The average molecular weight is 412 g/mol. The molecule has 29 heavy (non-hydrogen) atoms. The van der Waals surface area contributed by atoms with Gasteiger partial charge in [-0.3, -0.25) is 4.79 Å². The third-order valence-electron chi connectivity index (χ3n) is 5.36. The zero-order valence-corrected chi connectivity index (χ0v) is 16.6. The fourth-order valence-corrected chi connectivity index (χ4v) is 4.88. The van der Waals surface area contributed by atoms with Crippen LogP contribution < -0.4 is 20.3 Å². The third-order valence-corrected chi connectivity index (χ3v) is 6.44. The standard InChI is InChI=1S/C21H21FN4O2S/c22-15-3-1-2-14-16(6-11-28-19(14)15)24-20(27)13-4-5-17-18(12-13)29-21(25-17)26-9-7-23-8-10-26/h1-5,12,16,23H,6-11H2,(H,24,27)/t16-/m1/s1. The Labute approximate surface area is 171 Å². The average Bonchev–Trinajstić information content (AvgIpc) is 3.18. The SMILES string of the molecule is O=C(N[C@@H]1CCOc2c(F)cccc21)c1ccc2nc(N3CCNCC3)sc2c1. The molecule has 1 atom stereocenters. The Morgan fingerprint density at radius 1 is 1.28 bits per heavy atom. The summed E-state index contributed by atoms with van der Waals surface area (Å²) in [6.45, 7) is 4.16. The Morgan fingerprint density at radius 2 is 2.14 bits per heavy atom. The van der Waals surface area contributed by atoms with E-state index in [0.717, 1.165) is 41.5 Å². The summed E-state index contributed by atoms with van der Waals surface area (Å²) < 4.78 is 20.4. The topological polar surface area (TPSA) is 66.5 Å². The van der Waals surface area contributed by atoms with E-state index in [2.05, 4.69) is 15.5 Å². The van der Waals surface area contributed by atoms with Crippen LogP contribution in [0.3, 0.4) is 0 Å². The minimum atomic E-state index is -0.395. The summed E-state index contributed by atoms with van der Waals surface area (Å²) in [5, 5.41) is 7.37. The predicted molar refractivity (Wildman–Crippen MR) is 111 cm³/mol. The van der Waals surface area contributed by atoms with Gasteiger partial charge in [-0.25, -0.2) is 9.37 Å². The van der Waals surface area contributed by atoms with Gasteiger partial charge >= 0.3 is 0 Å². The van der Waals surface area contributed by atoms with Crippen LogP contribution in [-0.2, 0) is 0 Å². The van der Waals surface area contributed by atoms with Crippen molar-refractivity contribution in [3.05, 3.63) is 53.3 Å². The second-order valence-corrected chi connectivity index (χ2v) is 8.25. The Bertz CT molecular complexity index is 1060. The highest BCUT2D eigenvalue weighted by Crippen LogP contribution is 2.34. The number of hydrogen-bond donors (Lipinski definition) is 2. The fraction of sp³-hybridized carbons (Fsp3) is 0.333. The summed E-state index contributed by atoms with van der Waals surface area (Å²) in [5.74, 6) is -0.332. The Morgan fingerprint density at radius 3 is 3.00 bits per heavy atom. The van der Waals surface area contributed by atoms with Gasteiger partial charge in [-0.2, -0.15) is 0 Å². The second-order valence-electron chi connectivity index (χ2n) is 7.24. The smallest absolute Gasteiger partial charge is 0.251 e. The number of rotatable bonds is 3. The molecule has 0 bridgehead atoms. The van der Waals surface area contributed by atoms with Gasteiger partial charge < -0.3 is 20.3 Å². The van der Waals surface area contributed by atoms with Crippen LogP contribution in [-0.4, -0.2) is 43.7 Å². The Balaban J connectivity index is 1.37. The molecule has 1 saturated heterocycles. The number of hydrogen-bond acceptors (Lipinski definition) is 6. The summed E-state index contributed by atoms with van der Waals surface area (Å²) in [5.41, 5.74) is 2.17. The van der Waals surface area contributed by atoms with Crippen molar-refractivity contribution in [2.24, 2.45) is 0 Å². The van der Waals surface area contributed by atoms with Gasteiger partial charge in [-0.1, -0.05) is 23.5 Å². The zero-order valence-electron chi connectivity index (χ0n) is 15.8. The molecule has 1 amide bonds. The van der Waals surface area contributed by atoms with Gasteiger partial charge in [-0.05, 0) is 24.3 Å². The summed E-state index contributed by atoms with van der Waals surface area (Å²) in [7, 11) is 0. The Hall–Kier alpha value is -2.71. The summed E-state index contributed by atoms with van der Waals surface area (Å²) in [4.78, 5) is 19.9. The van der Waals surface area contributed by atoms with Crippen LogP contribution in [0.25, 0.3) is 10.2 Å². The number of thiazole rings is 1. The van der Waals surface area contributed by atoms with E-state index in [0.29, 0.717) is 24.2 Å². The third kappa shape index (κ3) is 3.54. The van der Waals surface area contributed by atoms with E-state index in [1.54, 1.807) is 29.5 Å². The molecule has 0 saturated carbocycles. The molecule has 0 spiro atoms. The first-order chi connectivity index (χ1) is 14.2. The number of nitrogens with one attached hydrogen (secondary N) is 2. The number of carbonyl (C=O) groups excluding carboxylic acids is 1. The highest BCUT2D eigenvalue weighted by atomic mass is 32.1. The van der Waals surface area contributed by atoms with Gasteiger partial charge in [0.15, 0.2) is 16.7 Å². The Kier molecular flexibility index (Phi) is 4.81. The number of benzene rings is 2. The van der Waals surface area contributed by atoms with E-state index in [1.165, 1.54) is 6.07 Å². The maximum Gasteiger partial charge on any atom is 0.251 e. The van der Waals surface area contributed by atoms with Crippen molar-refractivity contribution >= 4 is 32.6 Å². The first-order valence-electron chi connectivity index (χ1n) is 9.77. The molecule has 150 valence electrons. The molecule has 0 unspecified atom stereocenters. The van der Waals surface area contributed by atoms with Crippen LogP contribution in [0.1, 0.15) is 28.4 Å². The van der Waals surface area contributed by atoms with Crippen molar-refractivity contribution < 1.29 is 13.9 Å². The largest absolute Gasteiger partial charge is 0.490 e. The molecule has 0 aliphatic carbocycles. The van der Waals surface area contributed by atoms with Crippen LogP contribution in [0.15, 0.2) is 36.4 Å². The first kappa shape index (κ1) is 18.3. The number of fused-ring (bicyclic) bond motifs is 2. The van der Waals surface area contributed by atoms with Crippen molar-refractivity contribution in [2.75, 3.05) is 37.7 Å². The number of halogens is 1. The number of aromatic nitrogens is 1. The van der Waals surface area contributed by atoms with Gasteiger partial charge in [0.05, 0.1) is 22.9 Å². The van der Waals surface area contributed by atoms with E-state index in [4.69, 9.17) is 9.72 Å². The molecule has 5 rings (SSSR count). The molecule has 2 aliphatic rings. The van der Waals surface area contributed by atoms with E-state index in [9.17, 15) is 9.18 Å². The quantitative estimate of drug-likeness (QED) is 0.692. The predicted octanol–water partition coefficient (Wildman–Crippen LogP) is 3.10. The summed E-state index contributed by atoms with van der Waals surface area (Å²) in [6, 6.07) is 10.1. The molecule has 2 aromatic carbocycles. The molecule has 6 nitrogen and oxygen atoms in total. The van der Waals surface area contributed by atoms with Crippen molar-refractivity contribution in [1.82, 2.24) is 15.6 Å². The van der Waals surface area contributed by atoms with Crippen LogP contribution in [0.4, 0.5) is 9.52 Å². The molecule has 8 heteroatoms. The van der Waals surface area contributed by atoms with Crippen LogP contribution in [0, 0.1) is 5.82 Å². The highest BCUT2D eigenvalue weighted by Gasteiger charge is 2.26. The molecule has 2 aliphatic heterocycles. The molecule has 1 fully saturated rings. The van der Waals surface area contributed by atoms with E-state index in [1.807, 2.05) is 12.1 Å². The molecular formula is C21H21FN4O2S. The van der Waals surface area contributed by atoms with Crippen LogP contribution in [0.5, 0.6) is 5.75 Å². The lowest BCUT2D eigenvalue weighted by molar-refractivity contribution is 0.0924. The van der Waals surface area contributed by atoms with Gasteiger partial charge in [0.2, 0.25) is 0 Å². The summed E-state index contributed by atoms with van der Waals surface area (Å²) in [6.07, 6.45) is 0.609. The zero-order chi connectivity index (χ0) is 19.8. The van der Waals surface area contributed by atoms with Crippen molar-refractivity contribution in [3.8, 4) is 5.75 Å². The van der Waals surface area contributed by atoms with Crippen LogP contribution in [0.2, 0.25) is 0 Å². The van der Waals surface area contributed by atoms with Crippen molar-refractivity contribution in [1.29, 1.82) is 0 Å². The maximum absolute atomic E-state index is 14.0. The summed E-state index contributed by atoms with van der Waals surface area (Å²) >= 11 is 1.61. The molecule has 3 heterocycles. The molecule has 3 aromatic rings. The number of ether oxygens (including phenoxy) is 1. The van der Waals surface area contributed by atoms with E-state index >= 15 is 0 Å². The van der Waals surface area contributed by atoms with E-state index in [-0.39, 0.29) is 17.7 Å². The van der Waals surface area contributed by atoms with Gasteiger partial charge in [0, 0.05) is 43.7 Å². The first-order valence-corrected chi connectivity index (χ1v) is 10.6. The van der Waals surface area contributed by atoms with Gasteiger partial charge in [0.1, 0.15) is 0 Å². The van der Waals surface area contributed by atoms with Gasteiger partial charge in [0.25, 0.3) is 5.91 Å². The fourth-order valence-electron chi connectivity index (χ4n) is 3.82. The molecule has 0 radical (unpaired) electrons. The number of carbonyl (C=O) groups is 1. The normalized spacial score (nSPS) is 18.9. The number of para-hydroxylation sites is 1. The number of amides is 1. The molecular weight excluding hydrogens is 391 g/mol. The maximum atomic E-state index is 14.0. The number of anilines is 1. The minimum Gasteiger partial charge on any atom is -0.490 e. The van der Waals surface area contributed by atoms with Crippen LogP contribution >= 0.6 is 11.3 Å². The molecule has 2 N–H and O–H groups in total. The van der Waals surface area contributed by atoms with Gasteiger partial charge in [-0.15, -0.1) is 0 Å². The molecule has 1 aromatic heterocycles. The number of nitrogens with zero attached hydrogens (tertiary/aromatic N) is 2. The lowest BCUT2D eigenvalue weighted by Gasteiger charge is -2.27.